The van der Waals surface area contributed by atoms with Crippen LogP contribution in [0.2, 0.25) is 0 Å². The van der Waals surface area contributed by atoms with Crippen molar-refractivity contribution in [3.05, 3.63) is 89.7 Å². The molecule has 0 saturated carbocycles. The van der Waals surface area contributed by atoms with E-state index in [2.05, 4.69) is 4.98 Å². The normalized spacial score (nSPS) is 16.5. The van der Waals surface area contributed by atoms with Gasteiger partial charge in [-0.2, -0.15) is 0 Å². The lowest BCUT2D eigenvalue weighted by molar-refractivity contribution is -0.117. The Hall–Kier alpha value is -3.87. The van der Waals surface area contributed by atoms with E-state index >= 15 is 0 Å². The Bertz CT molecular complexity index is 1040. The zero-order valence-corrected chi connectivity index (χ0v) is 14.9. The molecule has 3 heterocycles. The van der Waals surface area contributed by atoms with Gasteiger partial charge in [0.25, 0.3) is 5.91 Å². The summed E-state index contributed by atoms with van der Waals surface area (Å²) in [6.07, 6.45) is 2.90. The smallest absolute Gasteiger partial charge is 0.295 e. The van der Waals surface area contributed by atoms with Crippen LogP contribution in [0.1, 0.15) is 22.2 Å². The number of ether oxygens (including phenoxy) is 1. The van der Waals surface area contributed by atoms with Gasteiger partial charge in [0.1, 0.15) is 11.6 Å². The number of rotatable bonds is 5. The molecule has 0 fully saturated rings. The summed E-state index contributed by atoms with van der Waals surface area (Å²) < 4.78 is 10.4. The number of methoxy groups -OCH3 is 1. The molecular formula is C21H16N2O5. The molecule has 1 aromatic carbocycles. The van der Waals surface area contributed by atoms with Gasteiger partial charge in [-0.05, 0) is 42.0 Å². The number of benzene rings is 1. The van der Waals surface area contributed by atoms with E-state index in [4.69, 9.17) is 9.15 Å². The Morgan fingerprint density at radius 3 is 2.54 bits per heavy atom. The van der Waals surface area contributed by atoms with E-state index in [1.807, 2.05) is 0 Å². The van der Waals surface area contributed by atoms with Crippen molar-refractivity contribution in [1.29, 1.82) is 0 Å². The van der Waals surface area contributed by atoms with Gasteiger partial charge in [0.15, 0.2) is 11.5 Å². The Morgan fingerprint density at radius 1 is 1.14 bits per heavy atom. The molecular weight excluding hydrogens is 360 g/mol. The minimum absolute atomic E-state index is 0.0377. The Balaban J connectivity index is 1.86. The summed E-state index contributed by atoms with van der Waals surface area (Å²) in [5.74, 6) is -0.889. The maximum Gasteiger partial charge on any atom is 0.295 e. The summed E-state index contributed by atoms with van der Waals surface area (Å²) in [4.78, 5) is 31.4. The molecule has 28 heavy (non-hydrogen) atoms. The number of carbonyl (C=O) groups is 2. The second-order valence-corrected chi connectivity index (χ2v) is 6.11. The number of aliphatic hydroxyl groups is 1. The van der Waals surface area contributed by atoms with Crippen molar-refractivity contribution in [1.82, 2.24) is 4.98 Å². The zero-order valence-electron chi connectivity index (χ0n) is 14.9. The van der Waals surface area contributed by atoms with Gasteiger partial charge in [-0.15, -0.1) is 0 Å². The van der Waals surface area contributed by atoms with Crippen LogP contribution in [-0.2, 0) is 4.79 Å². The highest BCUT2D eigenvalue weighted by atomic mass is 16.5. The number of hydrogen-bond acceptors (Lipinski definition) is 6. The number of Topliss-reactive ketones (excluding diaryl/α,β-unsaturated/α-hetero) is 1. The summed E-state index contributed by atoms with van der Waals surface area (Å²) in [6, 6.07) is 14.2. The van der Waals surface area contributed by atoms with E-state index in [-0.39, 0.29) is 11.3 Å². The Morgan fingerprint density at radius 2 is 1.93 bits per heavy atom. The molecule has 2 aromatic heterocycles. The van der Waals surface area contributed by atoms with E-state index in [9.17, 15) is 14.7 Å². The van der Waals surface area contributed by atoms with E-state index in [0.717, 1.165) is 0 Å². The number of aromatic nitrogens is 1. The van der Waals surface area contributed by atoms with Gasteiger partial charge in [0, 0.05) is 6.20 Å². The van der Waals surface area contributed by atoms with Crippen molar-refractivity contribution in [2.24, 2.45) is 0 Å². The van der Waals surface area contributed by atoms with Crippen LogP contribution in [-0.4, -0.2) is 28.9 Å². The SMILES string of the molecule is COc1ccc([C@H]2C(C(=O)c3ccco3)=C(O)C(=O)N2c2ccccn2)cc1. The van der Waals surface area contributed by atoms with E-state index in [1.165, 1.54) is 23.4 Å². The number of pyridine rings is 1. The maximum atomic E-state index is 13.0. The largest absolute Gasteiger partial charge is 0.503 e. The fraction of sp³-hybridized carbons (Fsp3) is 0.0952. The molecule has 1 aliphatic rings. The number of furan rings is 1. The van der Waals surface area contributed by atoms with Crippen LogP contribution in [0, 0.1) is 0 Å². The van der Waals surface area contributed by atoms with Crippen LogP contribution in [0.3, 0.4) is 0 Å². The molecule has 3 aromatic rings. The fourth-order valence-corrected chi connectivity index (χ4v) is 3.21. The molecule has 4 rings (SSSR count). The number of anilines is 1. The molecule has 1 atom stereocenters. The number of amides is 1. The number of hydrogen-bond donors (Lipinski definition) is 1. The van der Waals surface area contributed by atoms with E-state index < -0.39 is 23.5 Å². The van der Waals surface area contributed by atoms with Crippen molar-refractivity contribution < 1.29 is 23.8 Å². The average molecular weight is 376 g/mol. The number of ketones is 1. The van der Waals surface area contributed by atoms with Gasteiger partial charge in [-0.1, -0.05) is 18.2 Å². The maximum absolute atomic E-state index is 13.0. The minimum Gasteiger partial charge on any atom is -0.503 e. The summed E-state index contributed by atoms with van der Waals surface area (Å²) in [7, 11) is 1.55. The molecule has 1 N–H and O–H groups in total. The molecule has 140 valence electrons. The summed E-state index contributed by atoms with van der Waals surface area (Å²) in [5.41, 5.74) is 0.564. The fourth-order valence-electron chi connectivity index (χ4n) is 3.21. The van der Waals surface area contributed by atoms with Crippen molar-refractivity contribution in [3.8, 4) is 5.75 Å². The van der Waals surface area contributed by atoms with Crippen LogP contribution >= 0.6 is 0 Å². The molecule has 1 amide bonds. The molecule has 7 nitrogen and oxygen atoms in total. The lowest BCUT2D eigenvalue weighted by Gasteiger charge is -2.25. The number of aliphatic hydroxyl groups excluding tert-OH is 1. The van der Waals surface area contributed by atoms with Crippen molar-refractivity contribution in [2.75, 3.05) is 12.0 Å². The van der Waals surface area contributed by atoms with Crippen molar-refractivity contribution >= 4 is 17.5 Å². The first-order valence-corrected chi connectivity index (χ1v) is 8.51. The van der Waals surface area contributed by atoms with Crippen LogP contribution in [0.25, 0.3) is 0 Å². The highest BCUT2D eigenvalue weighted by Crippen LogP contribution is 2.41. The van der Waals surface area contributed by atoms with Gasteiger partial charge < -0.3 is 14.3 Å². The van der Waals surface area contributed by atoms with Crippen LogP contribution in [0.5, 0.6) is 5.75 Å². The first-order chi connectivity index (χ1) is 13.6. The molecule has 7 heteroatoms. The molecule has 0 spiro atoms. The molecule has 0 bridgehead atoms. The predicted octanol–water partition coefficient (Wildman–Crippen LogP) is 3.47. The average Bonchev–Trinajstić information content (AvgIpc) is 3.36. The first-order valence-electron chi connectivity index (χ1n) is 8.51. The van der Waals surface area contributed by atoms with E-state index in [1.54, 1.807) is 55.6 Å². The first kappa shape index (κ1) is 17.5. The molecule has 0 unspecified atom stereocenters. The highest BCUT2D eigenvalue weighted by molar-refractivity contribution is 6.19. The van der Waals surface area contributed by atoms with Gasteiger partial charge in [-0.3, -0.25) is 14.5 Å². The topological polar surface area (TPSA) is 92.9 Å². The molecule has 0 aliphatic carbocycles. The van der Waals surface area contributed by atoms with Crippen molar-refractivity contribution in [3.63, 3.8) is 0 Å². The highest BCUT2D eigenvalue weighted by Gasteiger charge is 2.45. The van der Waals surface area contributed by atoms with Crippen molar-refractivity contribution in [2.45, 2.75) is 6.04 Å². The van der Waals surface area contributed by atoms with Gasteiger partial charge in [0.2, 0.25) is 5.78 Å². The quantitative estimate of drug-likeness (QED) is 0.686. The monoisotopic (exact) mass is 376 g/mol. The van der Waals surface area contributed by atoms with Crippen LogP contribution in [0.4, 0.5) is 5.82 Å². The van der Waals surface area contributed by atoms with Crippen LogP contribution in [0.15, 0.2) is 82.8 Å². The Labute approximate surface area is 160 Å². The molecule has 1 aliphatic heterocycles. The third kappa shape index (κ3) is 2.83. The second kappa shape index (κ2) is 7.03. The van der Waals surface area contributed by atoms with Gasteiger partial charge >= 0.3 is 0 Å². The van der Waals surface area contributed by atoms with Gasteiger partial charge in [-0.25, -0.2) is 4.98 Å². The minimum atomic E-state index is -0.856. The summed E-state index contributed by atoms with van der Waals surface area (Å²) >= 11 is 0. The molecule has 0 saturated heterocycles. The third-order valence-corrected chi connectivity index (χ3v) is 4.53. The predicted molar refractivity (Wildman–Crippen MR) is 100 cm³/mol. The standard InChI is InChI=1S/C21H16N2O5/c1-27-14-9-7-13(8-10-14)18-17(19(24)15-5-4-12-28-15)20(25)21(26)23(18)16-6-2-3-11-22-16/h2-12,18,25H,1H3/t18-/m0/s1. The lowest BCUT2D eigenvalue weighted by atomic mass is 9.95. The Kier molecular flexibility index (Phi) is 4.41. The molecule has 0 radical (unpaired) electrons. The summed E-state index contributed by atoms with van der Waals surface area (Å²) in [5, 5.41) is 10.6. The van der Waals surface area contributed by atoms with E-state index in [0.29, 0.717) is 17.1 Å². The lowest BCUT2D eigenvalue weighted by Crippen LogP contribution is -2.31. The number of nitrogens with zero attached hydrogens (tertiary/aromatic N) is 2. The van der Waals surface area contributed by atoms with Crippen LogP contribution < -0.4 is 9.64 Å². The second-order valence-electron chi connectivity index (χ2n) is 6.11. The number of carbonyl (C=O) groups excluding carboxylic acids is 2. The van der Waals surface area contributed by atoms with Gasteiger partial charge in [0.05, 0.1) is 25.0 Å². The third-order valence-electron chi connectivity index (χ3n) is 4.53. The zero-order chi connectivity index (χ0) is 19.7. The summed E-state index contributed by atoms with van der Waals surface area (Å²) in [6.45, 7) is 0.